The van der Waals surface area contributed by atoms with Gasteiger partial charge in [-0.1, -0.05) is 77.8 Å². The van der Waals surface area contributed by atoms with Crippen LogP contribution in [0.4, 0.5) is 0 Å². The van der Waals surface area contributed by atoms with Crippen molar-refractivity contribution in [3.05, 3.63) is 98.9 Å². The molecule has 5 rings (SSSR count). The Morgan fingerprint density at radius 1 is 0.681 bits per heavy atom. The number of Topliss-reactive ketones (excluding diaryl/α,β-unsaturated/α-hetero) is 1. The number of carbonyl (C=O) groups excluding carboxylic acids is 1. The van der Waals surface area contributed by atoms with Crippen molar-refractivity contribution >= 4 is 48.8 Å². The highest BCUT2D eigenvalue weighted by Gasteiger charge is 2.45. The molecule has 4 aromatic rings. The summed E-state index contributed by atoms with van der Waals surface area (Å²) in [5, 5.41) is 17.6. The zero-order chi connectivity index (χ0) is 35.0. The molecule has 0 fully saturated rings. The molecule has 0 radical (unpaired) electrons. The van der Waals surface area contributed by atoms with Crippen LogP contribution in [0.5, 0.6) is 5.75 Å². The van der Waals surface area contributed by atoms with Crippen LogP contribution in [-0.4, -0.2) is 5.78 Å². The number of benzene rings is 4. The number of hydrogen-bond acceptors (Lipinski definition) is 2. The van der Waals surface area contributed by atoms with E-state index in [0.717, 1.165) is 76.5 Å². The van der Waals surface area contributed by atoms with E-state index in [1.165, 1.54) is 0 Å². The summed E-state index contributed by atoms with van der Waals surface area (Å²) in [5.41, 5.74) is 6.13. The van der Waals surface area contributed by atoms with E-state index in [1.54, 1.807) is 0 Å². The second-order valence-electron chi connectivity index (χ2n) is 17.2. The van der Waals surface area contributed by atoms with Crippen LogP contribution in [0.2, 0.25) is 0 Å². The standard InChI is InChI=1S/C44H47BrO2/c1-14-29-32-19-25(27-21-34(41(2,3)4)39(46)35(22-27)42(5,6)7)15-17-30(32)38(45)31-18-16-26(20-33(29)31)28-23-36(43(8,9)10)40(47)37(24-28)44(11,12)13/h1,15-24H,2-13H3. The van der Waals surface area contributed by atoms with Gasteiger partial charge in [0.05, 0.1) is 17.7 Å². The number of halogens is 1. The number of allylic oxidation sites excluding steroid dienone is 4. The number of hydrogen-bond donors (Lipinski definition) is 0. The van der Waals surface area contributed by atoms with Crippen molar-refractivity contribution < 1.29 is 9.90 Å². The molecule has 0 saturated carbocycles. The van der Waals surface area contributed by atoms with Crippen LogP contribution in [0.25, 0.3) is 38.2 Å². The van der Waals surface area contributed by atoms with Gasteiger partial charge in [-0.05, 0) is 125 Å². The molecule has 0 spiro atoms. The summed E-state index contributed by atoms with van der Waals surface area (Å²) in [7, 11) is 0. The fourth-order valence-electron chi connectivity index (χ4n) is 6.51. The first kappa shape index (κ1) is 34.6. The van der Waals surface area contributed by atoms with Gasteiger partial charge in [0.25, 0.3) is 5.78 Å². The largest absolute Gasteiger partial charge is 0.872 e. The third kappa shape index (κ3) is 6.30. The van der Waals surface area contributed by atoms with Crippen LogP contribution in [0, 0.1) is 29.1 Å². The summed E-state index contributed by atoms with van der Waals surface area (Å²) >= 11 is 3.93. The second-order valence-corrected chi connectivity index (χ2v) is 17.9. The molecule has 242 valence electrons. The Kier molecular flexibility index (Phi) is 8.43. The average Bonchev–Trinajstić information content (AvgIpc) is 2.94. The van der Waals surface area contributed by atoms with Gasteiger partial charge in [0.1, 0.15) is 11.5 Å². The Bertz CT molecular complexity index is 2020. The average molecular weight is 688 g/mol. The summed E-state index contributed by atoms with van der Waals surface area (Å²) in [6.07, 6.45) is 10.4. The van der Waals surface area contributed by atoms with Crippen LogP contribution in [0.15, 0.2) is 70.7 Å². The van der Waals surface area contributed by atoms with Crippen molar-refractivity contribution in [2.24, 2.45) is 10.8 Å². The molecule has 1 aliphatic carbocycles. The lowest BCUT2D eigenvalue weighted by molar-refractivity contribution is -0.271. The molecular weight excluding hydrogens is 640 g/mol. The molecule has 3 heteroatoms. The van der Waals surface area contributed by atoms with E-state index in [2.05, 4.69) is 166 Å². The summed E-state index contributed by atoms with van der Waals surface area (Å²) in [6, 6.07) is 16.9. The van der Waals surface area contributed by atoms with Crippen molar-refractivity contribution in [2.75, 3.05) is 0 Å². The lowest BCUT2D eigenvalue weighted by Crippen LogP contribution is -2.32. The van der Waals surface area contributed by atoms with Gasteiger partial charge in [-0.2, -0.15) is 0 Å². The maximum absolute atomic E-state index is 13.6. The Morgan fingerprint density at radius 2 is 1.17 bits per heavy atom. The van der Waals surface area contributed by atoms with Crippen LogP contribution < -0.4 is 5.11 Å². The molecule has 0 aliphatic heterocycles. The third-order valence-electron chi connectivity index (χ3n) is 9.27. The summed E-state index contributed by atoms with van der Waals surface area (Å²) in [5.74, 6) is 4.09. The van der Waals surface area contributed by atoms with Crippen molar-refractivity contribution in [1.82, 2.24) is 0 Å². The van der Waals surface area contributed by atoms with Crippen molar-refractivity contribution in [3.8, 4) is 29.2 Å². The maximum atomic E-state index is 13.6. The minimum absolute atomic E-state index is 0.120. The molecule has 0 bridgehead atoms. The van der Waals surface area contributed by atoms with Gasteiger partial charge >= 0.3 is 0 Å². The maximum Gasteiger partial charge on any atom is 0.291 e. The zero-order valence-corrected chi connectivity index (χ0v) is 31.6. The number of carbonyl (C=O) groups is 1. The van der Waals surface area contributed by atoms with Gasteiger partial charge in [-0.15, -0.1) is 12.2 Å². The van der Waals surface area contributed by atoms with E-state index in [0.29, 0.717) is 0 Å². The summed E-state index contributed by atoms with van der Waals surface area (Å²) < 4.78 is 0.987. The third-order valence-corrected chi connectivity index (χ3v) is 10.1. The molecule has 0 atom stereocenters. The quantitative estimate of drug-likeness (QED) is 0.120. The van der Waals surface area contributed by atoms with Gasteiger partial charge in [0.15, 0.2) is 0 Å². The second kappa shape index (κ2) is 11.5. The Morgan fingerprint density at radius 3 is 1.62 bits per heavy atom. The molecule has 0 aromatic heterocycles. The van der Waals surface area contributed by atoms with E-state index in [1.807, 2.05) is 0 Å². The van der Waals surface area contributed by atoms with Crippen LogP contribution in [-0.2, 0) is 15.6 Å². The molecule has 0 amide bonds. The number of fused-ring (bicyclic) bond motifs is 2. The highest BCUT2D eigenvalue weighted by molar-refractivity contribution is 9.10. The fourth-order valence-corrected chi connectivity index (χ4v) is 7.20. The minimum Gasteiger partial charge on any atom is -0.872 e. The Balaban J connectivity index is 1.77. The first-order valence-electron chi connectivity index (χ1n) is 16.4. The van der Waals surface area contributed by atoms with E-state index in [4.69, 9.17) is 6.42 Å². The normalized spacial score (nSPS) is 14.8. The molecule has 0 saturated heterocycles. The summed E-state index contributed by atoms with van der Waals surface area (Å²) in [4.78, 5) is 13.6. The highest BCUT2D eigenvalue weighted by Crippen LogP contribution is 2.46. The first-order chi connectivity index (χ1) is 21.5. The molecule has 4 aromatic carbocycles. The van der Waals surface area contributed by atoms with Crippen LogP contribution in [0.3, 0.4) is 0 Å². The predicted molar refractivity (Wildman–Crippen MR) is 203 cm³/mol. The monoisotopic (exact) mass is 686 g/mol. The number of rotatable bonds is 2. The molecule has 0 N–H and O–H groups in total. The SMILES string of the molecule is C#Cc1c2cc(C3=C[C+](C(C)(C)C)C(=O)C(C(C)(C)C)=C3)ccc2c(Br)c2ccc(-c3cc(C(C)(C)C)c([O-])c(C(C)(C)C)c3)cc12. The van der Waals surface area contributed by atoms with Gasteiger partial charge < -0.3 is 5.11 Å². The van der Waals surface area contributed by atoms with Crippen molar-refractivity contribution in [3.63, 3.8) is 0 Å². The topological polar surface area (TPSA) is 40.1 Å². The lowest BCUT2D eigenvalue weighted by Gasteiger charge is -2.34. The molecular formula is C44H47BrO2. The van der Waals surface area contributed by atoms with Gasteiger partial charge in [-0.25, -0.2) is 0 Å². The van der Waals surface area contributed by atoms with Gasteiger partial charge in [-0.3, -0.25) is 4.79 Å². The van der Waals surface area contributed by atoms with Gasteiger partial charge in [0, 0.05) is 31.8 Å². The minimum atomic E-state index is -0.298. The Hall–Kier alpha value is -3.74. The number of ketones is 1. The fraction of sp³-hybridized carbons (Fsp3) is 0.364. The van der Waals surface area contributed by atoms with Crippen LogP contribution >= 0.6 is 15.9 Å². The zero-order valence-electron chi connectivity index (χ0n) is 30.0. The predicted octanol–water partition coefficient (Wildman–Crippen LogP) is 11.6. The molecule has 0 heterocycles. The van der Waals surface area contributed by atoms with E-state index in [9.17, 15) is 9.90 Å². The van der Waals surface area contributed by atoms with E-state index < -0.39 is 0 Å². The molecule has 2 nitrogen and oxygen atoms in total. The smallest absolute Gasteiger partial charge is 0.291 e. The lowest BCUT2D eigenvalue weighted by atomic mass is 9.68. The molecule has 1 aliphatic rings. The number of terminal acetylenes is 1. The Labute approximate surface area is 290 Å². The van der Waals surface area contributed by atoms with Crippen molar-refractivity contribution in [2.45, 2.75) is 93.9 Å². The van der Waals surface area contributed by atoms with E-state index in [-0.39, 0.29) is 33.2 Å². The first-order valence-corrected chi connectivity index (χ1v) is 17.2. The van der Waals surface area contributed by atoms with E-state index >= 15 is 0 Å². The van der Waals surface area contributed by atoms with Gasteiger partial charge in [0.2, 0.25) is 0 Å². The molecule has 47 heavy (non-hydrogen) atoms. The highest BCUT2D eigenvalue weighted by atomic mass is 79.9. The van der Waals surface area contributed by atoms with Crippen LogP contribution in [0.1, 0.15) is 105 Å². The summed E-state index contributed by atoms with van der Waals surface area (Å²) in [6.45, 7) is 25.1. The van der Waals surface area contributed by atoms with Crippen molar-refractivity contribution in [1.29, 1.82) is 0 Å². The molecule has 0 unspecified atom stereocenters.